The van der Waals surface area contributed by atoms with E-state index >= 15 is 0 Å². The first-order valence-corrected chi connectivity index (χ1v) is 5.63. The Balaban J connectivity index is 2.42. The highest BCUT2D eigenvalue weighted by Crippen LogP contribution is 2.27. The van der Waals surface area contributed by atoms with Crippen molar-refractivity contribution in [2.75, 3.05) is 0 Å². The SMILES string of the molecule is NCc1nccn1Cc1c(Cl)cccc1[N+](=O)[O-]. The number of nitro benzene ring substituents is 1. The van der Waals surface area contributed by atoms with Crippen LogP contribution in [0, 0.1) is 10.1 Å². The number of nitrogens with zero attached hydrogens (tertiary/aromatic N) is 3. The topological polar surface area (TPSA) is 87.0 Å². The number of hydrogen-bond donors (Lipinski definition) is 1. The maximum Gasteiger partial charge on any atom is 0.275 e. The van der Waals surface area contributed by atoms with Crippen molar-refractivity contribution in [3.63, 3.8) is 0 Å². The van der Waals surface area contributed by atoms with Crippen molar-refractivity contribution in [2.45, 2.75) is 13.1 Å². The first-order chi connectivity index (χ1) is 8.63. The molecule has 0 unspecified atom stereocenters. The van der Waals surface area contributed by atoms with Gasteiger partial charge in [0.2, 0.25) is 0 Å². The van der Waals surface area contributed by atoms with E-state index in [1.807, 2.05) is 0 Å². The van der Waals surface area contributed by atoms with Crippen LogP contribution in [0.3, 0.4) is 0 Å². The highest BCUT2D eigenvalue weighted by Gasteiger charge is 2.17. The normalized spacial score (nSPS) is 10.6. The maximum absolute atomic E-state index is 11.0. The van der Waals surface area contributed by atoms with Crippen LogP contribution in [-0.4, -0.2) is 14.5 Å². The highest BCUT2D eigenvalue weighted by molar-refractivity contribution is 6.31. The van der Waals surface area contributed by atoms with Crippen LogP contribution in [-0.2, 0) is 13.1 Å². The summed E-state index contributed by atoms with van der Waals surface area (Å²) in [6, 6.07) is 4.62. The van der Waals surface area contributed by atoms with Gasteiger partial charge in [0, 0.05) is 18.5 Å². The Hall–Kier alpha value is -1.92. The molecule has 0 amide bonds. The first kappa shape index (κ1) is 12.5. The summed E-state index contributed by atoms with van der Waals surface area (Å²) in [6.45, 7) is 0.549. The van der Waals surface area contributed by atoms with Crippen molar-refractivity contribution in [3.8, 4) is 0 Å². The summed E-state index contributed by atoms with van der Waals surface area (Å²) in [4.78, 5) is 14.6. The Kier molecular flexibility index (Phi) is 3.59. The van der Waals surface area contributed by atoms with Gasteiger partial charge in [0.25, 0.3) is 5.69 Å². The minimum Gasteiger partial charge on any atom is -0.329 e. The van der Waals surface area contributed by atoms with Crippen LogP contribution in [0.1, 0.15) is 11.4 Å². The summed E-state index contributed by atoms with van der Waals surface area (Å²) >= 11 is 6.02. The number of rotatable bonds is 4. The van der Waals surface area contributed by atoms with Gasteiger partial charge in [0.15, 0.2) is 0 Å². The predicted molar refractivity (Wildman–Crippen MR) is 67.3 cm³/mol. The Bertz CT molecular complexity index is 582. The van der Waals surface area contributed by atoms with Crippen molar-refractivity contribution in [1.29, 1.82) is 0 Å². The molecule has 18 heavy (non-hydrogen) atoms. The van der Waals surface area contributed by atoms with E-state index in [2.05, 4.69) is 4.98 Å². The van der Waals surface area contributed by atoms with E-state index in [0.29, 0.717) is 16.4 Å². The minimum atomic E-state index is -0.444. The molecule has 0 saturated carbocycles. The van der Waals surface area contributed by atoms with Gasteiger partial charge in [-0.3, -0.25) is 10.1 Å². The van der Waals surface area contributed by atoms with Gasteiger partial charge >= 0.3 is 0 Å². The van der Waals surface area contributed by atoms with Gasteiger partial charge in [0.05, 0.1) is 28.6 Å². The maximum atomic E-state index is 11.0. The molecule has 0 aliphatic rings. The summed E-state index contributed by atoms with van der Waals surface area (Å²) in [7, 11) is 0. The average Bonchev–Trinajstić information content (AvgIpc) is 2.78. The van der Waals surface area contributed by atoms with Crippen LogP contribution < -0.4 is 5.73 Å². The molecule has 0 aliphatic carbocycles. The van der Waals surface area contributed by atoms with Gasteiger partial charge in [-0.05, 0) is 6.07 Å². The van der Waals surface area contributed by atoms with Gasteiger partial charge in [-0.2, -0.15) is 0 Å². The summed E-state index contributed by atoms with van der Waals surface area (Å²) < 4.78 is 1.74. The Morgan fingerprint density at radius 3 is 2.94 bits per heavy atom. The molecule has 0 saturated heterocycles. The quantitative estimate of drug-likeness (QED) is 0.677. The molecule has 94 valence electrons. The summed E-state index contributed by atoms with van der Waals surface area (Å²) in [5.74, 6) is 0.657. The van der Waals surface area contributed by atoms with E-state index in [9.17, 15) is 10.1 Å². The Labute approximate surface area is 108 Å². The van der Waals surface area contributed by atoms with E-state index in [-0.39, 0.29) is 18.8 Å². The van der Waals surface area contributed by atoms with Crippen molar-refractivity contribution < 1.29 is 4.92 Å². The summed E-state index contributed by atoms with van der Waals surface area (Å²) in [5, 5.41) is 11.3. The van der Waals surface area contributed by atoms with Gasteiger partial charge in [-0.1, -0.05) is 17.7 Å². The fraction of sp³-hybridized carbons (Fsp3) is 0.182. The lowest BCUT2D eigenvalue weighted by Gasteiger charge is -2.08. The van der Waals surface area contributed by atoms with E-state index in [1.165, 1.54) is 6.07 Å². The molecule has 2 rings (SSSR count). The highest BCUT2D eigenvalue weighted by atomic mass is 35.5. The average molecular weight is 267 g/mol. The molecule has 7 heteroatoms. The second kappa shape index (κ2) is 5.16. The number of benzene rings is 1. The predicted octanol–water partition coefficient (Wildman–Crippen LogP) is 1.95. The first-order valence-electron chi connectivity index (χ1n) is 5.25. The van der Waals surface area contributed by atoms with Crippen LogP contribution in [0.15, 0.2) is 30.6 Å². The second-order valence-corrected chi connectivity index (χ2v) is 4.08. The van der Waals surface area contributed by atoms with E-state index in [4.69, 9.17) is 17.3 Å². The van der Waals surface area contributed by atoms with Gasteiger partial charge in [-0.15, -0.1) is 0 Å². The molecule has 0 fully saturated rings. The fourth-order valence-electron chi connectivity index (χ4n) is 1.72. The van der Waals surface area contributed by atoms with Crippen molar-refractivity contribution in [1.82, 2.24) is 9.55 Å². The third kappa shape index (κ3) is 2.34. The molecule has 0 aliphatic heterocycles. The molecule has 1 aromatic carbocycles. The van der Waals surface area contributed by atoms with Crippen LogP contribution in [0.4, 0.5) is 5.69 Å². The molecular weight excluding hydrogens is 256 g/mol. The number of aromatic nitrogens is 2. The Morgan fingerprint density at radius 1 is 1.50 bits per heavy atom. The van der Waals surface area contributed by atoms with E-state index < -0.39 is 4.92 Å². The van der Waals surface area contributed by atoms with Gasteiger partial charge in [-0.25, -0.2) is 4.98 Å². The third-order valence-electron chi connectivity index (χ3n) is 2.60. The van der Waals surface area contributed by atoms with Crippen molar-refractivity contribution in [3.05, 3.63) is 57.1 Å². The molecule has 0 radical (unpaired) electrons. The lowest BCUT2D eigenvalue weighted by atomic mass is 10.2. The molecule has 0 bridgehead atoms. The molecule has 1 aromatic heterocycles. The second-order valence-electron chi connectivity index (χ2n) is 3.67. The number of imidazole rings is 1. The smallest absolute Gasteiger partial charge is 0.275 e. The lowest BCUT2D eigenvalue weighted by Crippen LogP contribution is -2.10. The lowest BCUT2D eigenvalue weighted by molar-refractivity contribution is -0.385. The zero-order valence-electron chi connectivity index (χ0n) is 9.41. The van der Waals surface area contributed by atoms with Crippen LogP contribution in [0.25, 0.3) is 0 Å². The molecule has 2 N–H and O–H groups in total. The van der Waals surface area contributed by atoms with Crippen LogP contribution >= 0.6 is 11.6 Å². The Morgan fingerprint density at radius 2 is 2.28 bits per heavy atom. The van der Waals surface area contributed by atoms with Crippen LogP contribution in [0.2, 0.25) is 5.02 Å². The molecule has 0 spiro atoms. The van der Waals surface area contributed by atoms with E-state index in [1.54, 1.807) is 29.1 Å². The number of hydrogen-bond acceptors (Lipinski definition) is 4. The zero-order valence-corrected chi connectivity index (χ0v) is 10.2. The monoisotopic (exact) mass is 266 g/mol. The van der Waals surface area contributed by atoms with Gasteiger partial charge in [0.1, 0.15) is 5.82 Å². The van der Waals surface area contributed by atoms with E-state index in [0.717, 1.165) is 0 Å². The summed E-state index contributed by atoms with van der Waals surface area (Å²) in [5.41, 5.74) is 5.99. The van der Waals surface area contributed by atoms with Gasteiger partial charge < -0.3 is 10.3 Å². The number of nitrogens with two attached hydrogens (primary N) is 1. The van der Waals surface area contributed by atoms with Crippen LogP contribution in [0.5, 0.6) is 0 Å². The molecule has 6 nitrogen and oxygen atoms in total. The zero-order chi connectivity index (χ0) is 13.1. The third-order valence-corrected chi connectivity index (χ3v) is 2.96. The standard InChI is InChI=1S/C11H11ClN4O2/c12-9-2-1-3-10(16(17)18)8(9)7-15-5-4-14-11(15)6-13/h1-5H,6-7,13H2. The molecule has 0 atom stereocenters. The number of halogens is 1. The largest absolute Gasteiger partial charge is 0.329 e. The fourth-order valence-corrected chi connectivity index (χ4v) is 1.95. The minimum absolute atomic E-state index is 0.000767. The molecule has 1 heterocycles. The number of nitro groups is 1. The molecule has 2 aromatic rings. The summed E-state index contributed by atoms with van der Waals surface area (Å²) in [6.07, 6.45) is 3.32. The van der Waals surface area contributed by atoms with Crippen molar-refractivity contribution in [2.24, 2.45) is 5.73 Å². The molecular formula is C11H11ClN4O2. The van der Waals surface area contributed by atoms with Crippen molar-refractivity contribution >= 4 is 17.3 Å².